The topological polar surface area (TPSA) is 84.5 Å². The number of aryl methyl sites for hydroxylation is 2. The zero-order chi connectivity index (χ0) is 15.2. The highest BCUT2D eigenvalue weighted by atomic mass is 32.1. The van der Waals surface area contributed by atoms with Crippen LogP contribution in [0.25, 0.3) is 0 Å². The lowest BCUT2D eigenvalue weighted by atomic mass is 10.1. The van der Waals surface area contributed by atoms with Crippen molar-refractivity contribution in [3.05, 3.63) is 21.4 Å². The van der Waals surface area contributed by atoms with Gasteiger partial charge in [0, 0.05) is 11.8 Å². The van der Waals surface area contributed by atoms with Gasteiger partial charge in [-0.3, -0.25) is 20.4 Å². The maximum atomic E-state index is 11.9. The van der Waals surface area contributed by atoms with E-state index in [4.69, 9.17) is 4.74 Å². The summed E-state index contributed by atoms with van der Waals surface area (Å²) in [7, 11) is 0. The summed E-state index contributed by atoms with van der Waals surface area (Å²) < 4.78 is 4.94. The lowest BCUT2D eigenvalue weighted by Gasteiger charge is -2.05. The van der Waals surface area contributed by atoms with Crippen LogP contribution in [0.5, 0.6) is 0 Å². The second-order valence-corrected chi connectivity index (χ2v) is 6.06. The molecule has 114 valence electrons. The zero-order valence-corrected chi connectivity index (χ0v) is 12.7. The van der Waals surface area contributed by atoms with Gasteiger partial charge in [-0.1, -0.05) is 6.42 Å². The van der Waals surface area contributed by atoms with Gasteiger partial charge < -0.3 is 4.74 Å². The van der Waals surface area contributed by atoms with Crippen LogP contribution in [0.1, 0.15) is 46.3 Å². The summed E-state index contributed by atoms with van der Waals surface area (Å²) >= 11 is 1.45. The van der Waals surface area contributed by atoms with Gasteiger partial charge in [0.05, 0.1) is 0 Å². The van der Waals surface area contributed by atoms with Crippen molar-refractivity contribution in [3.8, 4) is 0 Å². The first-order valence-corrected chi connectivity index (χ1v) is 7.72. The fraction of sp³-hybridized carbons (Fsp3) is 0.500. The predicted octanol–water partition coefficient (Wildman–Crippen LogP) is 1.34. The molecular weight excluding hydrogens is 292 g/mol. The molecule has 1 heterocycles. The number of carbonyl (C=O) groups is 3. The number of hydrazine groups is 1. The van der Waals surface area contributed by atoms with Gasteiger partial charge in [-0.2, -0.15) is 0 Å². The van der Waals surface area contributed by atoms with E-state index in [0.29, 0.717) is 4.88 Å². The van der Waals surface area contributed by atoms with E-state index in [1.54, 1.807) is 0 Å². The molecule has 0 unspecified atom stereocenters. The lowest BCUT2D eigenvalue weighted by Crippen LogP contribution is -2.42. The van der Waals surface area contributed by atoms with Crippen molar-refractivity contribution in [2.24, 2.45) is 0 Å². The number of fused-ring (bicyclic) bond motifs is 1. The standard InChI is InChI=1S/C14H18N2O4S/c1-9(17)15-16-13(18)8-20-14(19)12-7-10-5-3-2-4-6-11(10)21-12/h7H,2-6,8H2,1H3,(H,15,17)(H,16,18). The number of rotatable bonds is 3. The molecule has 21 heavy (non-hydrogen) atoms. The minimum Gasteiger partial charge on any atom is -0.451 e. The monoisotopic (exact) mass is 310 g/mol. The van der Waals surface area contributed by atoms with E-state index in [9.17, 15) is 14.4 Å². The average Bonchev–Trinajstić information content (AvgIpc) is 2.73. The van der Waals surface area contributed by atoms with Crippen molar-refractivity contribution in [2.75, 3.05) is 6.61 Å². The summed E-state index contributed by atoms with van der Waals surface area (Å²) in [5.74, 6) is -1.46. The summed E-state index contributed by atoms with van der Waals surface area (Å²) in [4.78, 5) is 35.6. The second kappa shape index (κ2) is 7.21. The van der Waals surface area contributed by atoms with E-state index >= 15 is 0 Å². The Hall–Kier alpha value is -1.89. The molecule has 6 nitrogen and oxygen atoms in total. The van der Waals surface area contributed by atoms with E-state index in [1.165, 1.54) is 35.1 Å². The zero-order valence-electron chi connectivity index (χ0n) is 11.9. The van der Waals surface area contributed by atoms with Crippen molar-refractivity contribution in [1.29, 1.82) is 0 Å². The molecule has 2 rings (SSSR count). The molecule has 0 bridgehead atoms. The molecule has 0 radical (unpaired) electrons. The summed E-state index contributed by atoms with van der Waals surface area (Å²) in [6.45, 7) is 0.854. The first-order chi connectivity index (χ1) is 10.1. The highest BCUT2D eigenvalue weighted by Crippen LogP contribution is 2.29. The molecule has 0 spiro atoms. The minimum atomic E-state index is -0.573. The first-order valence-electron chi connectivity index (χ1n) is 6.90. The third-order valence-electron chi connectivity index (χ3n) is 3.16. The fourth-order valence-corrected chi connectivity index (χ4v) is 3.31. The van der Waals surface area contributed by atoms with E-state index in [0.717, 1.165) is 25.7 Å². The molecule has 0 saturated carbocycles. The number of amides is 2. The maximum absolute atomic E-state index is 11.9. The van der Waals surface area contributed by atoms with Gasteiger partial charge in [-0.25, -0.2) is 4.79 Å². The number of hydrogen-bond donors (Lipinski definition) is 2. The molecule has 0 aliphatic heterocycles. The lowest BCUT2D eigenvalue weighted by molar-refractivity contribution is -0.129. The van der Waals surface area contributed by atoms with Crippen LogP contribution < -0.4 is 10.9 Å². The van der Waals surface area contributed by atoms with Crippen molar-refractivity contribution in [2.45, 2.75) is 39.0 Å². The smallest absolute Gasteiger partial charge is 0.348 e. The third-order valence-corrected chi connectivity index (χ3v) is 4.38. The maximum Gasteiger partial charge on any atom is 0.348 e. The Labute approximate surface area is 126 Å². The number of esters is 1. The van der Waals surface area contributed by atoms with Gasteiger partial charge in [0.1, 0.15) is 4.88 Å². The molecule has 2 N–H and O–H groups in total. The van der Waals surface area contributed by atoms with Crippen LogP contribution in [0.15, 0.2) is 6.07 Å². The van der Waals surface area contributed by atoms with Crippen molar-refractivity contribution >= 4 is 29.1 Å². The largest absolute Gasteiger partial charge is 0.451 e. The molecule has 1 aromatic heterocycles. The molecule has 0 saturated heterocycles. The van der Waals surface area contributed by atoms with Crippen LogP contribution in [0, 0.1) is 0 Å². The number of ether oxygens (including phenoxy) is 1. The van der Waals surface area contributed by atoms with Crippen molar-refractivity contribution < 1.29 is 19.1 Å². The van der Waals surface area contributed by atoms with Gasteiger partial charge in [-0.05, 0) is 37.3 Å². The highest BCUT2D eigenvalue weighted by Gasteiger charge is 2.18. The number of thiophene rings is 1. The number of nitrogens with one attached hydrogen (secondary N) is 2. The van der Waals surface area contributed by atoms with E-state index in [1.807, 2.05) is 6.07 Å². The molecule has 0 aromatic carbocycles. The average molecular weight is 310 g/mol. The molecule has 1 aliphatic rings. The molecule has 1 aliphatic carbocycles. The Kier molecular flexibility index (Phi) is 5.32. The Morgan fingerprint density at radius 1 is 1.19 bits per heavy atom. The summed E-state index contributed by atoms with van der Waals surface area (Å²) in [5.41, 5.74) is 5.49. The second-order valence-electron chi connectivity index (χ2n) is 4.93. The Morgan fingerprint density at radius 2 is 1.95 bits per heavy atom. The molecular formula is C14H18N2O4S. The van der Waals surface area contributed by atoms with Gasteiger partial charge in [0.25, 0.3) is 5.91 Å². The summed E-state index contributed by atoms with van der Waals surface area (Å²) in [6, 6.07) is 1.87. The van der Waals surface area contributed by atoms with E-state index in [-0.39, 0.29) is 0 Å². The van der Waals surface area contributed by atoms with Crippen LogP contribution >= 0.6 is 11.3 Å². The Balaban J connectivity index is 1.86. The summed E-state index contributed by atoms with van der Waals surface area (Å²) in [5, 5.41) is 0. The normalized spacial score (nSPS) is 13.8. The van der Waals surface area contributed by atoms with Crippen molar-refractivity contribution in [1.82, 2.24) is 10.9 Å². The predicted molar refractivity (Wildman–Crippen MR) is 77.8 cm³/mol. The van der Waals surface area contributed by atoms with Crippen LogP contribution in [0.2, 0.25) is 0 Å². The fourth-order valence-electron chi connectivity index (χ4n) is 2.16. The van der Waals surface area contributed by atoms with Crippen LogP contribution in [0.3, 0.4) is 0 Å². The Bertz CT molecular complexity index is 530. The number of hydrogen-bond acceptors (Lipinski definition) is 5. The SMILES string of the molecule is CC(=O)NNC(=O)COC(=O)c1cc2c(s1)CCCCC2. The molecule has 2 amide bonds. The Morgan fingerprint density at radius 3 is 2.71 bits per heavy atom. The van der Waals surface area contributed by atoms with Gasteiger partial charge >= 0.3 is 5.97 Å². The highest BCUT2D eigenvalue weighted by molar-refractivity contribution is 7.14. The van der Waals surface area contributed by atoms with E-state index < -0.39 is 24.4 Å². The molecule has 7 heteroatoms. The van der Waals surface area contributed by atoms with Gasteiger partial charge in [-0.15, -0.1) is 11.3 Å². The number of carbonyl (C=O) groups excluding carboxylic acids is 3. The molecule has 0 fully saturated rings. The van der Waals surface area contributed by atoms with Gasteiger partial charge in [0.15, 0.2) is 6.61 Å². The quantitative estimate of drug-likeness (QED) is 0.501. The summed E-state index contributed by atoms with van der Waals surface area (Å²) in [6.07, 6.45) is 5.54. The molecule has 1 aromatic rings. The van der Waals surface area contributed by atoms with Crippen molar-refractivity contribution in [3.63, 3.8) is 0 Å². The van der Waals surface area contributed by atoms with Crippen LogP contribution in [0.4, 0.5) is 0 Å². The molecule has 0 atom stereocenters. The minimum absolute atomic E-state index is 0.392. The van der Waals surface area contributed by atoms with Gasteiger partial charge in [0.2, 0.25) is 5.91 Å². The first kappa shape index (κ1) is 15.5. The van der Waals surface area contributed by atoms with E-state index in [2.05, 4.69) is 10.9 Å². The van der Waals surface area contributed by atoms with Crippen LogP contribution in [-0.2, 0) is 27.2 Å². The third kappa shape index (κ3) is 4.56. The van der Waals surface area contributed by atoms with Crippen LogP contribution in [-0.4, -0.2) is 24.4 Å².